The number of hydrogen-bond acceptors (Lipinski definition) is 3. The van der Waals surface area contributed by atoms with Gasteiger partial charge in [-0.05, 0) is 29.8 Å². The average Bonchev–Trinajstić information content (AvgIpc) is 2.41. The van der Waals surface area contributed by atoms with Crippen LogP contribution in [0.5, 0.6) is 5.75 Å². The van der Waals surface area contributed by atoms with Crippen LogP contribution in [-0.4, -0.2) is 22.1 Å². The van der Waals surface area contributed by atoms with Crippen LogP contribution in [0.1, 0.15) is 15.9 Å². The van der Waals surface area contributed by atoms with Crippen molar-refractivity contribution in [1.29, 1.82) is 0 Å². The topological polar surface area (TPSA) is 86.6 Å². The maximum absolute atomic E-state index is 13.5. The highest BCUT2D eigenvalue weighted by Crippen LogP contribution is 2.19. The molecule has 0 bridgehead atoms. The quantitative estimate of drug-likeness (QED) is 0.806. The lowest BCUT2D eigenvalue weighted by Crippen LogP contribution is -2.17. The van der Waals surface area contributed by atoms with Crippen LogP contribution in [0, 0.1) is 5.82 Å². The van der Waals surface area contributed by atoms with Crippen molar-refractivity contribution in [1.82, 2.24) is 0 Å². The summed E-state index contributed by atoms with van der Waals surface area (Å²) in [6, 6.07) is 9.66. The van der Waals surface area contributed by atoms with Crippen LogP contribution >= 0.6 is 0 Å². The molecule has 0 aliphatic heterocycles. The van der Waals surface area contributed by atoms with E-state index in [2.05, 4.69) is 5.32 Å². The third kappa shape index (κ3) is 3.56. The van der Waals surface area contributed by atoms with Crippen LogP contribution in [0.4, 0.5) is 10.1 Å². The fraction of sp³-hybridized carbons (Fsp3) is 0.0667. The van der Waals surface area contributed by atoms with Crippen LogP contribution in [-0.2, 0) is 11.2 Å². The smallest absolute Gasteiger partial charge is 0.340 e. The Bertz CT molecular complexity index is 683. The molecule has 6 heteroatoms. The lowest BCUT2D eigenvalue weighted by atomic mass is 10.1. The molecule has 0 aromatic heterocycles. The van der Waals surface area contributed by atoms with Gasteiger partial charge in [0.2, 0.25) is 5.91 Å². The molecule has 0 radical (unpaired) electrons. The zero-order chi connectivity index (χ0) is 15.4. The van der Waals surface area contributed by atoms with Gasteiger partial charge in [0.05, 0.1) is 12.1 Å². The number of carbonyl (C=O) groups is 2. The number of nitrogens with one attached hydrogen (secondary N) is 1. The highest BCUT2D eigenvalue weighted by atomic mass is 19.1. The van der Waals surface area contributed by atoms with E-state index in [0.29, 0.717) is 5.56 Å². The maximum Gasteiger partial charge on any atom is 0.340 e. The Morgan fingerprint density at radius 1 is 1.10 bits per heavy atom. The molecule has 2 rings (SSSR count). The number of carbonyl (C=O) groups excluding carboxylic acids is 1. The lowest BCUT2D eigenvalue weighted by molar-refractivity contribution is -0.115. The highest BCUT2D eigenvalue weighted by molar-refractivity contribution is 6.01. The second-order valence-corrected chi connectivity index (χ2v) is 4.36. The summed E-state index contributed by atoms with van der Waals surface area (Å²) in [6.45, 7) is 0. The molecule has 0 unspecified atom stereocenters. The van der Waals surface area contributed by atoms with Gasteiger partial charge in [0.25, 0.3) is 0 Å². The van der Waals surface area contributed by atoms with Crippen LogP contribution in [0.2, 0.25) is 0 Å². The summed E-state index contributed by atoms with van der Waals surface area (Å²) in [5.41, 5.74) is -0.0265. The second kappa shape index (κ2) is 6.04. The number of benzene rings is 2. The molecule has 0 fully saturated rings. The van der Waals surface area contributed by atoms with E-state index in [4.69, 9.17) is 10.2 Å². The van der Waals surface area contributed by atoms with E-state index in [1.807, 2.05) is 0 Å². The summed E-state index contributed by atoms with van der Waals surface area (Å²) in [6.07, 6.45) is -0.0180. The van der Waals surface area contributed by atoms with Gasteiger partial charge >= 0.3 is 5.97 Å². The molecule has 0 saturated carbocycles. The van der Waals surface area contributed by atoms with Crippen molar-refractivity contribution in [2.45, 2.75) is 6.42 Å². The van der Waals surface area contributed by atoms with Crippen molar-refractivity contribution < 1.29 is 24.2 Å². The minimum absolute atomic E-state index is 0.0180. The van der Waals surface area contributed by atoms with Gasteiger partial charge in [-0.1, -0.05) is 18.2 Å². The fourth-order valence-electron chi connectivity index (χ4n) is 1.84. The molecule has 0 heterocycles. The Balaban J connectivity index is 2.15. The first-order chi connectivity index (χ1) is 9.97. The Morgan fingerprint density at radius 2 is 1.76 bits per heavy atom. The Hall–Kier alpha value is -2.89. The summed E-state index contributed by atoms with van der Waals surface area (Å²) < 4.78 is 13.5. The van der Waals surface area contributed by atoms with Crippen LogP contribution in [0.15, 0.2) is 42.5 Å². The van der Waals surface area contributed by atoms with E-state index >= 15 is 0 Å². The van der Waals surface area contributed by atoms with Crippen molar-refractivity contribution in [3.63, 3.8) is 0 Å². The molecule has 0 aliphatic carbocycles. The number of carboxylic acid groups (broad SMARTS) is 1. The van der Waals surface area contributed by atoms with E-state index in [0.717, 1.165) is 6.07 Å². The summed E-state index contributed by atoms with van der Waals surface area (Å²) in [5.74, 6) is -2.76. The van der Waals surface area contributed by atoms with Gasteiger partial charge in [0.15, 0.2) is 0 Å². The van der Waals surface area contributed by atoms with E-state index in [1.165, 1.54) is 24.3 Å². The van der Waals surface area contributed by atoms with Crippen molar-refractivity contribution in [2.75, 3.05) is 5.32 Å². The molecule has 0 aliphatic rings. The number of hydrogen-bond donors (Lipinski definition) is 3. The van der Waals surface area contributed by atoms with Crippen molar-refractivity contribution >= 4 is 17.6 Å². The molecule has 0 atom stereocenters. The predicted molar refractivity (Wildman–Crippen MR) is 73.8 cm³/mol. The van der Waals surface area contributed by atoms with Crippen molar-refractivity contribution in [2.24, 2.45) is 0 Å². The Labute approximate surface area is 119 Å². The number of phenols is 1. The summed E-state index contributed by atoms with van der Waals surface area (Å²) in [5, 5.41) is 20.5. The molecule has 3 N–H and O–H groups in total. The summed E-state index contributed by atoms with van der Waals surface area (Å²) >= 11 is 0. The number of aromatic hydroxyl groups is 1. The van der Waals surface area contributed by atoms with Crippen molar-refractivity contribution in [3.05, 3.63) is 59.4 Å². The maximum atomic E-state index is 13.5. The predicted octanol–water partition coefficient (Wildman–Crippen LogP) is 2.41. The molecule has 2 aromatic carbocycles. The standard InChI is InChI=1S/C15H12FNO4/c16-11-2-1-3-12(14(11)15(20)21)17-13(19)8-9-4-6-10(18)7-5-9/h1-7,18H,8H2,(H,17,19)(H,20,21). The molecule has 21 heavy (non-hydrogen) atoms. The number of carboxylic acids is 1. The van der Waals surface area contributed by atoms with E-state index in [1.54, 1.807) is 12.1 Å². The number of amides is 1. The van der Waals surface area contributed by atoms with Gasteiger partial charge in [-0.3, -0.25) is 4.79 Å². The largest absolute Gasteiger partial charge is 0.508 e. The first-order valence-corrected chi connectivity index (χ1v) is 6.07. The minimum atomic E-state index is -1.45. The zero-order valence-corrected chi connectivity index (χ0v) is 10.8. The van der Waals surface area contributed by atoms with Gasteiger partial charge in [0, 0.05) is 0 Å². The monoisotopic (exact) mass is 289 g/mol. The SMILES string of the molecule is O=C(Cc1ccc(O)cc1)Nc1cccc(F)c1C(=O)O. The van der Waals surface area contributed by atoms with E-state index < -0.39 is 23.3 Å². The van der Waals surface area contributed by atoms with Crippen molar-refractivity contribution in [3.8, 4) is 5.75 Å². The second-order valence-electron chi connectivity index (χ2n) is 4.36. The van der Waals surface area contributed by atoms with Gasteiger partial charge in [-0.25, -0.2) is 9.18 Å². The van der Waals surface area contributed by atoms with Crippen LogP contribution in [0.3, 0.4) is 0 Å². The number of halogens is 1. The molecule has 0 spiro atoms. The number of rotatable bonds is 4. The average molecular weight is 289 g/mol. The molecular weight excluding hydrogens is 277 g/mol. The molecular formula is C15H12FNO4. The molecule has 5 nitrogen and oxygen atoms in total. The number of phenolic OH excluding ortho intramolecular Hbond substituents is 1. The molecule has 0 saturated heterocycles. The van der Waals surface area contributed by atoms with Gasteiger partial charge < -0.3 is 15.5 Å². The van der Waals surface area contributed by atoms with Gasteiger partial charge in [0.1, 0.15) is 17.1 Å². The fourth-order valence-corrected chi connectivity index (χ4v) is 1.84. The number of anilines is 1. The van der Waals surface area contributed by atoms with E-state index in [9.17, 15) is 14.0 Å². The highest BCUT2D eigenvalue weighted by Gasteiger charge is 2.17. The first-order valence-electron chi connectivity index (χ1n) is 6.07. The van der Waals surface area contributed by atoms with Crippen LogP contribution in [0.25, 0.3) is 0 Å². The zero-order valence-electron chi connectivity index (χ0n) is 10.8. The third-order valence-electron chi connectivity index (χ3n) is 2.80. The van der Waals surface area contributed by atoms with Gasteiger partial charge in [-0.15, -0.1) is 0 Å². The van der Waals surface area contributed by atoms with E-state index in [-0.39, 0.29) is 17.9 Å². The molecule has 108 valence electrons. The summed E-state index contributed by atoms with van der Waals surface area (Å²) in [4.78, 5) is 22.9. The summed E-state index contributed by atoms with van der Waals surface area (Å²) in [7, 11) is 0. The molecule has 1 amide bonds. The normalized spacial score (nSPS) is 10.1. The Morgan fingerprint density at radius 3 is 2.38 bits per heavy atom. The lowest BCUT2D eigenvalue weighted by Gasteiger charge is -2.09. The first kappa shape index (κ1) is 14.5. The molecule has 2 aromatic rings. The third-order valence-corrected chi connectivity index (χ3v) is 2.80. The minimum Gasteiger partial charge on any atom is -0.508 e. The Kier molecular flexibility index (Phi) is 4.18. The van der Waals surface area contributed by atoms with Crippen LogP contribution < -0.4 is 5.32 Å². The van der Waals surface area contributed by atoms with Gasteiger partial charge in [-0.2, -0.15) is 0 Å². The number of aromatic carboxylic acids is 1.